The summed E-state index contributed by atoms with van der Waals surface area (Å²) >= 11 is 0. The van der Waals surface area contributed by atoms with Gasteiger partial charge in [0.1, 0.15) is 11.6 Å². The fourth-order valence-electron chi connectivity index (χ4n) is 2.57. The average Bonchev–Trinajstić information content (AvgIpc) is 2.75. The second-order valence-electron chi connectivity index (χ2n) is 5.09. The Bertz CT molecular complexity index is 411. The Kier molecular flexibility index (Phi) is 4.19. The van der Waals surface area contributed by atoms with E-state index < -0.39 is 0 Å². The number of phenols is 1. The number of halogens is 1. The van der Waals surface area contributed by atoms with Crippen LogP contribution in [0.3, 0.4) is 0 Å². The van der Waals surface area contributed by atoms with Crippen LogP contribution in [0.1, 0.15) is 37.8 Å². The molecule has 0 amide bonds. The Hall–Kier alpha value is -1.13. The maximum Gasteiger partial charge on any atom is 0.123 e. The summed E-state index contributed by atoms with van der Waals surface area (Å²) in [7, 11) is 0. The van der Waals surface area contributed by atoms with Crippen molar-refractivity contribution in [2.45, 2.75) is 38.3 Å². The van der Waals surface area contributed by atoms with Crippen LogP contribution in [0.25, 0.3) is 0 Å². The summed E-state index contributed by atoms with van der Waals surface area (Å²) in [5, 5.41) is 22.7. The smallest absolute Gasteiger partial charge is 0.123 e. The van der Waals surface area contributed by atoms with E-state index in [4.69, 9.17) is 0 Å². The zero-order valence-electron chi connectivity index (χ0n) is 10.6. The van der Waals surface area contributed by atoms with Crippen molar-refractivity contribution in [3.63, 3.8) is 0 Å². The number of aliphatic hydroxyl groups excluding tert-OH is 1. The molecule has 1 saturated carbocycles. The van der Waals surface area contributed by atoms with Gasteiger partial charge in [0.2, 0.25) is 0 Å². The van der Waals surface area contributed by atoms with Crippen LogP contribution in [0.5, 0.6) is 5.75 Å². The molecule has 0 bridgehead atoms. The van der Waals surface area contributed by atoms with Crippen LogP contribution in [0.2, 0.25) is 0 Å². The van der Waals surface area contributed by atoms with Crippen LogP contribution in [0.15, 0.2) is 18.2 Å². The highest BCUT2D eigenvalue weighted by Gasteiger charge is 2.25. The lowest BCUT2D eigenvalue weighted by Gasteiger charge is -2.20. The van der Waals surface area contributed by atoms with Crippen LogP contribution in [-0.2, 0) is 0 Å². The number of phenolic OH excluding ortho intramolecular Hbond substituents is 1. The van der Waals surface area contributed by atoms with Gasteiger partial charge in [-0.05, 0) is 43.9 Å². The normalized spacial score (nSPS) is 25.3. The van der Waals surface area contributed by atoms with Crippen molar-refractivity contribution in [2.75, 3.05) is 6.54 Å². The molecule has 3 N–H and O–H groups in total. The van der Waals surface area contributed by atoms with Gasteiger partial charge in [-0.25, -0.2) is 4.39 Å². The summed E-state index contributed by atoms with van der Waals surface area (Å²) in [5.74, 6) is 0.0175. The van der Waals surface area contributed by atoms with Gasteiger partial charge in [-0.2, -0.15) is 0 Å². The standard InChI is InChI=1S/C14H20FNO2/c1-9(12-7-11(15)5-6-14(12)18)16-8-10-3-2-4-13(10)17/h5-7,9-10,13,16-18H,2-4,8H2,1H3. The van der Waals surface area contributed by atoms with Gasteiger partial charge in [-0.3, -0.25) is 0 Å². The molecule has 0 aliphatic heterocycles. The minimum Gasteiger partial charge on any atom is -0.508 e. The first-order valence-corrected chi connectivity index (χ1v) is 6.48. The molecule has 2 rings (SSSR count). The molecule has 100 valence electrons. The van der Waals surface area contributed by atoms with Gasteiger partial charge in [0, 0.05) is 18.2 Å². The molecule has 4 heteroatoms. The zero-order valence-corrected chi connectivity index (χ0v) is 10.6. The predicted octanol–water partition coefficient (Wildman–Crippen LogP) is 2.34. The van der Waals surface area contributed by atoms with Crippen molar-refractivity contribution in [2.24, 2.45) is 5.92 Å². The first-order chi connectivity index (χ1) is 8.58. The fraction of sp³-hybridized carbons (Fsp3) is 0.571. The van der Waals surface area contributed by atoms with Gasteiger partial charge in [-0.15, -0.1) is 0 Å². The lowest BCUT2D eigenvalue weighted by molar-refractivity contribution is 0.130. The summed E-state index contributed by atoms with van der Waals surface area (Å²) in [6.45, 7) is 2.58. The molecule has 3 nitrogen and oxygen atoms in total. The van der Waals surface area contributed by atoms with E-state index in [-0.39, 0.29) is 29.6 Å². The molecule has 18 heavy (non-hydrogen) atoms. The van der Waals surface area contributed by atoms with Crippen LogP contribution in [0, 0.1) is 11.7 Å². The summed E-state index contributed by atoms with van der Waals surface area (Å²) in [4.78, 5) is 0. The molecular formula is C14H20FNO2. The van der Waals surface area contributed by atoms with Crippen molar-refractivity contribution in [3.8, 4) is 5.75 Å². The quantitative estimate of drug-likeness (QED) is 0.772. The molecule has 1 aromatic carbocycles. The minimum absolute atomic E-state index is 0.100. The third kappa shape index (κ3) is 3.00. The molecule has 1 aliphatic rings. The SMILES string of the molecule is CC(NCC1CCCC1O)c1cc(F)ccc1O. The van der Waals surface area contributed by atoms with E-state index >= 15 is 0 Å². The van der Waals surface area contributed by atoms with Gasteiger partial charge < -0.3 is 15.5 Å². The second kappa shape index (κ2) is 5.67. The molecule has 0 spiro atoms. The average molecular weight is 253 g/mol. The largest absolute Gasteiger partial charge is 0.508 e. The minimum atomic E-state index is -0.350. The molecule has 3 atom stereocenters. The van der Waals surface area contributed by atoms with Crippen molar-refractivity contribution in [3.05, 3.63) is 29.6 Å². The number of aliphatic hydroxyl groups is 1. The number of benzene rings is 1. The van der Waals surface area contributed by atoms with Crippen molar-refractivity contribution >= 4 is 0 Å². The van der Waals surface area contributed by atoms with Gasteiger partial charge in [0.15, 0.2) is 0 Å². The van der Waals surface area contributed by atoms with Crippen molar-refractivity contribution in [1.29, 1.82) is 0 Å². The highest BCUT2D eigenvalue weighted by atomic mass is 19.1. The summed E-state index contributed by atoms with van der Waals surface area (Å²) in [6.07, 6.45) is 2.72. The Morgan fingerprint density at radius 1 is 1.44 bits per heavy atom. The second-order valence-corrected chi connectivity index (χ2v) is 5.09. The van der Waals surface area contributed by atoms with Crippen LogP contribution in [-0.4, -0.2) is 22.9 Å². The molecule has 1 fully saturated rings. The molecule has 1 aliphatic carbocycles. The Balaban J connectivity index is 1.94. The first kappa shape index (κ1) is 13.3. The predicted molar refractivity (Wildman–Crippen MR) is 67.8 cm³/mol. The molecule has 3 unspecified atom stereocenters. The van der Waals surface area contributed by atoms with Crippen LogP contribution >= 0.6 is 0 Å². The van der Waals surface area contributed by atoms with Gasteiger partial charge >= 0.3 is 0 Å². The number of nitrogens with one attached hydrogen (secondary N) is 1. The topological polar surface area (TPSA) is 52.5 Å². The fourth-order valence-corrected chi connectivity index (χ4v) is 2.57. The lowest BCUT2D eigenvalue weighted by atomic mass is 10.0. The van der Waals surface area contributed by atoms with E-state index in [0.717, 1.165) is 19.3 Å². The molecule has 0 saturated heterocycles. The maximum atomic E-state index is 13.1. The first-order valence-electron chi connectivity index (χ1n) is 6.48. The van der Waals surface area contributed by atoms with Crippen molar-refractivity contribution < 1.29 is 14.6 Å². The van der Waals surface area contributed by atoms with E-state index in [0.29, 0.717) is 12.1 Å². The van der Waals surface area contributed by atoms with Gasteiger partial charge in [-0.1, -0.05) is 6.42 Å². The highest BCUT2D eigenvalue weighted by molar-refractivity contribution is 5.34. The lowest BCUT2D eigenvalue weighted by Crippen LogP contribution is -2.29. The molecule has 0 aromatic heterocycles. The Morgan fingerprint density at radius 3 is 2.89 bits per heavy atom. The monoisotopic (exact) mass is 253 g/mol. The third-order valence-electron chi connectivity index (χ3n) is 3.76. The molecule has 0 heterocycles. The zero-order chi connectivity index (χ0) is 13.1. The van der Waals surface area contributed by atoms with E-state index in [9.17, 15) is 14.6 Å². The molecule has 1 aromatic rings. The van der Waals surface area contributed by atoms with E-state index in [1.54, 1.807) is 0 Å². The molecular weight excluding hydrogens is 233 g/mol. The Labute approximate surface area is 107 Å². The Morgan fingerprint density at radius 2 is 2.22 bits per heavy atom. The number of aromatic hydroxyl groups is 1. The van der Waals surface area contributed by atoms with Crippen LogP contribution < -0.4 is 5.32 Å². The number of hydrogen-bond donors (Lipinski definition) is 3. The van der Waals surface area contributed by atoms with Gasteiger partial charge in [0.25, 0.3) is 0 Å². The maximum absolute atomic E-state index is 13.1. The molecule has 0 radical (unpaired) electrons. The highest BCUT2D eigenvalue weighted by Crippen LogP contribution is 2.27. The van der Waals surface area contributed by atoms with Crippen LogP contribution in [0.4, 0.5) is 4.39 Å². The summed E-state index contributed by atoms with van der Waals surface area (Å²) in [5.41, 5.74) is 0.558. The van der Waals surface area contributed by atoms with E-state index in [2.05, 4.69) is 5.32 Å². The third-order valence-corrected chi connectivity index (χ3v) is 3.76. The summed E-state index contributed by atoms with van der Waals surface area (Å²) in [6, 6.07) is 3.82. The number of rotatable bonds is 4. The summed E-state index contributed by atoms with van der Waals surface area (Å²) < 4.78 is 13.1. The van der Waals surface area contributed by atoms with Crippen molar-refractivity contribution in [1.82, 2.24) is 5.32 Å². The van der Waals surface area contributed by atoms with E-state index in [1.807, 2.05) is 6.92 Å². The van der Waals surface area contributed by atoms with Gasteiger partial charge in [0.05, 0.1) is 6.10 Å². The number of hydrogen-bond acceptors (Lipinski definition) is 3. The van der Waals surface area contributed by atoms with E-state index in [1.165, 1.54) is 18.2 Å².